The van der Waals surface area contributed by atoms with Crippen LogP contribution in [0.2, 0.25) is 0 Å². The zero-order valence-electron chi connectivity index (χ0n) is 41.5. The molecule has 0 saturated heterocycles. The molecule has 0 radical (unpaired) electrons. The predicted octanol–water partition coefficient (Wildman–Crippen LogP) is -30.1. The van der Waals surface area contributed by atoms with E-state index in [2.05, 4.69) is 0 Å². The Morgan fingerprint density at radius 1 is 0.198 bits per heavy atom. The Morgan fingerprint density at radius 2 is 0.272 bits per heavy atom. The van der Waals surface area contributed by atoms with Gasteiger partial charge in [0.1, 0.15) is 146 Å². The topological polar surface area (TPSA) is 848 Å². The molecule has 0 aliphatic rings. The van der Waals surface area contributed by atoms with Crippen molar-refractivity contribution in [3.8, 4) is 0 Å². The van der Waals surface area contributed by atoms with Crippen LogP contribution in [-0.4, -0.2) is 488 Å². The van der Waals surface area contributed by atoms with Gasteiger partial charge < -0.3 is 213 Å². The summed E-state index contributed by atoms with van der Waals surface area (Å²) in [5, 5.41) is 321. The first-order valence-corrected chi connectivity index (χ1v) is 20.7. The minimum Gasteiger partial charge on any atom is -0.547 e. The minimum atomic E-state index is -2.31. The second kappa shape index (κ2) is 53.6. The minimum absolute atomic E-state index is 0. The van der Waals surface area contributed by atoms with E-state index in [1.165, 1.54) is 0 Å². The number of carbonyl (C=O) groups excluding carboxylic acids is 6. The molecule has 24 atom stereocenters. The molecule has 0 aliphatic carbocycles. The second-order valence-corrected chi connectivity index (χ2v) is 15.0. The fourth-order valence-corrected chi connectivity index (χ4v) is 3.97. The maximum absolute atomic E-state index is 9.98. The molecule has 0 amide bonds. The molecule has 0 spiro atoms. The molecular formula is C36H66Ca3O42. The Balaban J connectivity index is -0.000000109. The SMILES string of the molecule is O=C([O-])C(O)C(O)C(O)C(O)CO.O=C([O-])C(O)C(O)C(O)C(O)CO.O=C([O-])C(O)C(O)C(O)C(O)CO.O=C([O-])C(O)C(O)C(O)C(O)CO.O=C([O-])C(O)C(O)C(O)C(O)CO.O=C([O-])C(O)C(O)C(O)C(O)CO.[Ca+2].[Ca+2].[Ca+2]. The maximum Gasteiger partial charge on any atom is 2.00 e. The summed E-state index contributed by atoms with van der Waals surface area (Å²) in [6.45, 7) is -5.18. The number of carboxylic acid groups (broad SMARTS) is 6. The molecule has 45 heteroatoms. The number of hydrogen-bond acceptors (Lipinski definition) is 42. The van der Waals surface area contributed by atoms with Gasteiger partial charge in [0, 0.05) is 0 Å². The van der Waals surface area contributed by atoms with E-state index >= 15 is 0 Å². The van der Waals surface area contributed by atoms with Crippen molar-refractivity contribution < 1.29 is 213 Å². The molecule has 81 heavy (non-hydrogen) atoms. The van der Waals surface area contributed by atoms with Gasteiger partial charge in [0.25, 0.3) is 0 Å². The molecule has 0 rings (SSSR count). The third-order valence-electron chi connectivity index (χ3n) is 8.98. The van der Waals surface area contributed by atoms with E-state index in [0.29, 0.717) is 0 Å². The summed E-state index contributed by atoms with van der Waals surface area (Å²) in [6.07, 6.45) is -48.5. The molecule has 0 heterocycles. The summed E-state index contributed by atoms with van der Waals surface area (Å²) >= 11 is 0. The van der Waals surface area contributed by atoms with Gasteiger partial charge in [0.05, 0.1) is 75.5 Å². The second-order valence-electron chi connectivity index (χ2n) is 15.0. The van der Waals surface area contributed by atoms with E-state index in [9.17, 15) is 59.4 Å². The molecule has 0 aliphatic heterocycles. The molecule has 0 fully saturated rings. The predicted molar refractivity (Wildman–Crippen MR) is 234 cm³/mol. The zero-order chi connectivity index (χ0) is 63.6. The standard InChI is InChI=1S/6C6H12O7.3Ca/c6*7-1-2(8)3(9)4(10)5(11)6(12)13;;;/h6*2-5,7-11H,1H2,(H,12,13);;;/q;;;;;;3*+2/p-6. The van der Waals surface area contributed by atoms with E-state index in [4.69, 9.17) is 153 Å². The maximum atomic E-state index is 9.98. The molecule has 0 aromatic heterocycles. The third-order valence-corrected chi connectivity index (χ3v) is 8.98. The zero-order valence-corrected chi connectivity index (χ0v) is 48.2. The summed E-state index contributed by atoms with van der Waals surface area (Å²) < 4.78 is 0. The number of carboxylic acids is 6. The first kappa shape index (κ1) is 99.4. The summed E-state index contributed by atoms with van der Waals surface area (Å²) in [4.78, 5) is 59.9. The monoisotopic (exact) mass is 1290 g/mol. The Bertz CT molecular complexity index is 1340. The first-order valence-electron chi connectivity index (χ1n) is 20.7. The fourth-order valence-electron chi connectivity index (χ4n) is 3.97. The van der Waals surface area contributed by atoms with Gasteiger partial charge in [-0.1, -0.05) is 0 Å². The van der Waals surface area contributed by atoms with Crippen LogP contribution in [0, 0.1) is 0 Å². The molecule has 0 bridgehead atoms. The van der Waals surface area contributed by atoms with Gasteiger partial charge in [0.2, 0.25) is 0 Å². The van der Waals surface area contributed by atoms with Crippen LogP contribution in [0.5, 0.6) is 0 Å². The van der Waals surface area contributed by atoms with E-state index in [0.717, 1.165) is 0 Å². The molecule has 24 unspecified atom stereocenters. The third kappa shape index (κ3) is 41.2. The van der Waals surface area contributed by atoms with Crippen molar-refractivity contribution in [3.05, 3.63) is 0 Å². The van der Waals surface area contributed by atoms with Crippen molar-refractivity contribution in [3.63, 3.8) is 0 Å². The van der Waals surface area contributed by atoms with Crippen LogP contribution >= 0.6 is 0 Å². The van der Waals surface area contributed by atoms with Crippen LogP contribution < -0.4 is 30.6 Å². The normalized spacial score (nSPS) is 19.6. The number of aliphatic hydroxyl groups excluding tert-OH is 30. The van der Waals surface area contributed by atoms with E-state index in [1.807, 2.05) is 0 Å². The van der Waals surface area contributed by atoms with Gasteiger partial charge in [-0.05, 0) is 0 Å². The van der Waals surface area contributed by atoms with E-state index < -0.39 is 222 Å². The summed E-state index contributed by atoms with van der Waals surface area (Å²) in [6, 6.07) is 0. The molecule has 468 valence electrons. The van der Waals surface area contributed by atoms with Crippen molar-refractivity contribution in [2.75, 3.05) is 39.6 Å². The average Bonchev–Trinajstić information content (AvgIpc) is 3.42. The molecule has 0 saturated carbocycles. The molecule has 30 N–H and O–H groups in total. The van der Waals surface area contributed by atoms with E-state index in [1.54, 1.807) is 0 Å². The van der Waals surface area contributed by atoms with Crippen LogP contribution in [0.1, 0.15) is 0 Å². The van der Waals surface area contributed by atoms with Crippen molar-refractivity contribution >= 4 is 149 Å². The van der Waals surface area contributed by atoms with Crippen LogP contribution in [0.15, 0.2) is 0 Å². The smallest absolute Gasteiger partial charge is 0.547 e. The van der Waals surface area contributed by atoms with Crippen molar-refractivity contribution in [2.24, 2.45) is 0 Å². The van der Waals surface area contributed by atoms with Crippen molar-refractivity contribution in [1.82, 2.24) is 0 Å². The Morgan fingerprint density at radius 3 is 0.321 bits per heavy atom. The average molecular weight is 1290 g/mol. The number of carbonyl (C=O) groups is 6. The van der Waals surface area contributed by atoms with Gasteiger partial charge in [-0.3, -0.25) is 0 Å². The van der Waals surface area contributed by atoms with Crippen LogP contribution in [0.25, 0.3) is 0 Å². The summed E-state index contributed by atoms with van der Waals surface area (Å²) in [5.41, 5.74) is 0. The Labute approximate surface area is 542 Å². The van der Waals surface area contributed by atoms with Gasteiger partial charge >= 0.3 is 113 Å². The van der Waals surface area contributed by atoms with Crippen LogP contribution in [0.3, 0.4) is 0 Å². The van der Waals surface area contributed by atoms with E-state index in [-0.39, 0.29) is 113 Å². The summed E-state index contributed by atoms with van der Waals surface area (Å²) in [7, 11) is 0. The fraction of sp³-hybridized carbons (Fsp3) is 0.833. The molecule has 42 nitrogen and oxygen atoms in total. The quantitative estimate of drug-likeness (QED) is 0.0297. The number of rotatable bonds is 30. The number of hydrogen-bond donors (Lipinski definition) is 30. The first-order chi connectivity index (χ1) is 35.5. The number of aliphatic hydroxyl groups is 30. The molecular weight excluding hydrogens is 1220 g/mol. The summed E-state index contributed by atoms with van der Waals surface area (Å²) in [5.74, 6) is -11.9. The van der Waals surface area contributed by atoms with Crippen LogP contribution in [0.4, 0.5) is 0 Å². The Kier molecular flexibility index (Phi) is 65.8. The van der Waals surface area contributed by atoms with Gasteiger partial charge in [-0.2, -0.15) is 0 Å². The van der Waals surface area contributed by atoms with Crippen LogP contribution in [-0.2, 0) is 28.8 Å². The molecule has 0 aromatic rings. The van der Waals surface area contributed by atoms with Crippen molar-refractivity contribution in [2.45, 2.75) is 146 Å². The largest absolute Gasteiger partial charge is 2.00 e. The van der Waals surface area contributed by atoms with Gasteiger partial charge in [-0.15, -0.1) is 0 Å². The molecule has 0 aromatic carbocycles. The number of aliphatic carboxylic acids is 6. The Hall–Kier alpha value is -0.601. The van der Waals surface area contributed by atoms with Crippen molar-refractivity contribution in [1.29, 1.82) is 0 Å². The van der Waals surface area contributed by atoms with Gasteiger partial charge in [0.15, 0.2) is 0 Å². The van der Waals surface area contributed by atoms with Gasteiger partial charge in [-0.25, -0.2) is 0 Å².